The summed E-state index contributed by atoms with van der Waals surface area (Å²) >= 11 is 0. The molecular weight excluding hydrogens is 240 g/mol. The van der Waals surface area contributed by atoms with E-state index in [1.54, 1.807) is 13.0 Å². The van der Waals surface area contributed by atoms with Crippen molar-refractivity contribution in [2.24, 2.45) is 0 Å². The van der Waals surface area contributed by atoms with E-state index in [2.05, 4.69) is 15.3 Å². The molecule has 100 valence electrons. The highest BCUT2D eigenvalue weighted by Crippen LogP contribution is 2.11. The third-order valence-corrected chi connectivity index (χ3v) is 2.76. The minimum absolute atomic E-state index is 0.0256. The van der Waals surface area contributed by atoms with E-state index in [1.807, 2.05) is 30.3 Å². The van der Waals surface area contributed by atoms with Gasteiger partial charge in [0.2, 0.25) is 0 Å². The van der Waals surface area contributed by atoms with Gasteiger partial charge < -0.3 is 16.2 Å². The number of hydrogen-bond donors (Lipinski definition) is 3. The predicted octanol–water partition coefficient (Wildman–Crippen LogP) is 1.38. The average Bonchev–Trinajstić information content (AvgIpc) is 2.38. The van der Waals surface area contributed by atoms with Crippen LogP contribution in [0.3, 0.4) is 0 Å². The van der Waals surface area contributed by atoms with Crippen molar-refractivity contribution in [3.63, 3.8) is 0 Å². The molecule has 1 aromatic heterocycles. The molecule has 2 rings (SSSR count). The van der Waals surface area contributed by atoms with Gasteiger partial charge in [-0.15, -0.1) is 0 Å². The normalized spacial score (nSPS) is 12.1. The van der Waals surface area contributed by atoms with Crippen LogP contribution in [0.4, 0.5) is 11.6 Å². The number of aliphatic hydroxyl groups excluding tert-OH is 1. The second-order valence-electron chi connectivity index (χ2n) is 4.44. The Morgan fingerprint density at radius 2 is 2.00 bits per heavy atom. The van der Waals surface area contributed by atoms with Crippen molar-refractivity contribution in [1.29, 1.82) is 0 Å². The van der Waals surface area contributed by atoms with E-state index in [9.17, 15) is 5.11 Å². The standard InChI is InChI=1S/C14H18N4O/c1-10-16-13(15)8-14(17-10)18-12(9-19)7-11-5-3-2-4-6-11/h2-6,8,12,19H,7,9H2,1H3,(H3,15,16,17,18). The number of aliphatic hydroxyl groups is 1. The molecule has 4 N–H and O–H groups in total. The predicted molar refractivity (Wildman–Crippen MR) is 75.8 cm³/mol. The molecule has 1 unspecified atom stereocenters. The lowest BCUT2D eigenvalue weighted by molar-refractivity contribution is 0.273. The maximum atomic E-state index is 9.45. The third-order valence-electron chi connectivity index (χ3n) is 2.76. The first-order chi connectivity index (χ1) is 9.17. The van der Waals surface area contributed by atoms with E-state index in [0.29, 0.717) is 17.5 Å². The number of benzene rings is 1. The number of anilines is 2. The topological polar surface area (TPSA) is 84.1 Å². The van der Waals surface area contributed by atoms with Gasteiger partial charge in [-0.25, -0.2) is 9.97 Å². The Labute approximate surface area is 112 Å². The molecule has 0 bridgehead atoms. The smallest absolute Gasteiger partial charge is 0.132 e. The zero-order valence-corrected chi connectivity index (χ0v) is 10.9. The lowest BCUT2D eigenvalue weighted by Crippen LogP contribution is -2.27. The van der Waals surface area contributed by atoms with Crippen molar-refractivity contribution in [1.82, 2.24) is 9.97 Å². The molecule has 5 heteroatoms. The number of rotatable bonds is 5. The molecule has 1 aromatic carbocycles. The Bertz CT molecular complexity index is 510. The molecule has 0 amide bonds. The summed E-state index contributed by atoms with van der Waals surface area (Å²) in [7, 11) is 0. The molecular formula is C14H18N4O. The van der Waals surface area contributed by atoms with Crippen LogP contribution in [0, 0.1) is 6.92 Å². The van der Waals surface area contributed by atoms with Gasteiger partial charge in [-0.05, 0) is 18.9 Å². The lowest BCUT2D eigenvalue weighted by Gasteiger charge is -2.17. The van der Waals surface area contributed by atoms with Crippen molar-refractivity contribution in [3.8, 4) is 0 Å². The molecule has 0 aliphatic rings. The monoisotopic (exact) mass is 258 g/mol. The van der Waals surface area contributed by atoms with Crippen molar-refractivity contribution in [2.45, 2.75) is 19.4 Å². The van der Waals surface area contributed by atoms with Gasteiger partial charge in [0.25, 0.3) is 0 Å². The number of nitrogens with zero attached hydrogens (tertiary/aromatic N) is 2. The maximum Gasteiger partial charge on any atom is 0.132 e. The maximum absolute atomic E-state index is 9.45. The van der Waals surface area contributed by atoms with Crippen LogP contribution in [0.1, 0.15) is 11.4 Å². The van der Waals surface area contributed by atoms with E-state index in [4.69, 9.17) is 5.73 Å². The van der Waals surface area contributed by atoms with Gasteiger partial charge in [-0.3, -0.25) is 0 Å². The first-order valence-corrected chi connectivity index (χ1v) is 6.20. The van der Waals surface area contributed by atoms with Crippen molar-refractivity contribution in [3.05, 3.63) is 47.8 Å². The van der Waals surface area contributed by atoms with E-state index < -0.39 is 0 Å². The van der Waals surface area contributed by atoms with Crippen LogP contribution in [0.5, 0.6) is 0 Å². The Morgan fingerprint density at radius 3 is 2.63 bits per heavy atom. The Morgan fingerprint density at radius 1 is 1.26 bits per heavy atom. The molecule has 1 heterocycles. The molecule has 0 aliphatic heterocycles. The highest BCUT2D eigenvalue weighted by molar-refractivity contribution is 5.45. The summed E-state index contributed by atoms with van der Waals surface area (Å²) in [5.74, 6) is 1.67. The number of aromatic nitrogens is 2. The average molecular weight is 258 g/mol. The van der Waals surface area contributed by atoms with Crippen LogP contribution in [0.25, 0.3) is 0 Å². The molecule has 2 aromatic rings. The van der Waals surface area contributed by atoms with Crippen molar-refractivity contribution < 1.29 is 5.11 Å². The van der Waals surface area contributed by atoms with Crippen LogP contribution in [0.2, 0.25) is 0 Å². The van der Waals surface area contributed by atoms with Crippen LogP contribution in [-0.2, 0) is 6.42 Å². The molecule has 0 saturated carbocycles. The zero-order valence-electron chi connectivity index (χ0n) is 10.9. The van der Waals surface area contributed by atoms with Gasteiger partial charge >= 0.3 is 0 Å². The molecule has 1 atom stereocenters. The number of aryl methyl sites for hydroxylation is 1. The lowest BCUT2D eigenvalue weighted by atomic mass is 10.1. The van der Waals surface area contributed by atoms with Gasteiger partial charge in [0, 0.05) is 6.07 Å². The van der Waals surface area contributed by atoms with Crippen molar-refractivity contribution >= 4 is 11.6 Å². The van der Waals surface area contributed by atoms with Crippen LogP contribution < -0.4 is 11.1 Å². The minimum atomic E-state index is -0.101. The summed E-state index contributed by atoms with van der Waals surface area (Å²) in [5, 5.41) is 12.6. The highest BCUT2D eigenvalue weighted by Gasteiger charge is 2.10. The van der Waals surface area contributed by atoms with E-state index >= 15 is 0 Å². The summed E-state index contributed by atoms with van der Waals surface area (Å²) in [6.07, 6.45) is 0.723. The summed E-state index contributed by atoms with van der Waals surface area (Å²) in [5.41, 5.74) is 6.84. The molecule has 0 radical (unpaired) electrons. The SMILES string of the molecule is Cc1nc(N)cc(NC(CO)Cc2ccccc2)n1. The largest absolute Gasteiger partial charge is 0.394 e. The second kappa shape index (κ2) is 6.15. The van der Waals surface area contributed by atoms with Gasteiger partial charge in [0.1, 0.15) is 17.5 Å². The van der Waals surface area contributed by atoms with Gasteiger partial charge in [-0.2, -0.15) is 0 Å². The van der Waals surface area contributed by atoms with Crippen LogP contribution in [0.15, 0.2) is 36.4 Å². The Kier molecular flexibility index (Phi) is 4.30. The first kappa shape index (κ1) is 13.3. The molecule has 0 aliphatic carbocycles. The van der Waals surface area contributed by atoms with Gasteiger partial charge in [0.05, 0.1) is 12.6 Å². The fourth-order valence-corrected chi connectivity index (χ4v) is 1.93. The molecule has 0 saturated heterocycles. The van der Waals surface area contributed by atoms with Gasteiger partial charge in [0.15, 0.2) is 0 Å². The minimum Gasteiger partial charge on any atom is -0.394 e. The number of nitrogens with one attached hydrogen (secondary N) is 1. The number of hydrogen-bond acceptors (Lipinski definition) is 5. The van der Waals surface area contributed by atoms with E-state index in [-0.39, 0.29) is 12.6 Å². The zero-order chi connectivity index (χ0) is 13.7. The summed E-state index contributed by atoms with van der Waals surface area (Å²) in [6.45, 7) is 1.81. The van der Waals surface area contributed by atoms with E-state index in [1.165, 1.54) is 0 Å². The van der Waals surface area contributed by atoms with Gasteiger partial charge in [-0.1, -0.05) is 30.3 Å². The molecule has 19 heavy (non-hydrogen) atoms. The van der Waals surface area contributed by atoms with Crippen LogP contribution in [-0.4, -0.2) is 27.7 Å². The Balaban J connectivity index is 2.06. The molecule has 0 fully saturated rings. The van der Waals surface area contributed by atoms with E-state index in [0.717, 1.165) is 12.0 Å². The summed E-state index contributed by atoms with van der Waals surface area (Å²) in [6, 6.07) is 11.6. The molecule has 5 nitrogen and oxygen atoms in total. The fourth-order valence-electron chi connectivity index (χ4n) is 1.93. The first-order valence-electron chi connectivity index (χ1n) is 6.20. The molecule has 0 spiro atoms. The summed E-state index contributed by atoms with van der Waals surface area (Å²) in [4.78, 5) is 8.27. The number of nitrogens with two attached hydrogens (primary N) is 1. The van der Waals surface area contributed by atoms with Crippen molar-refractivity contribution in [2.75, 3.05) is 17.7 Å². The number of nitrogen functional groups attached to an aromatic ring is 1. The fraction of sp³-hybridized carbons (Fsp3) is 0.286. The second-order valence-corrected chi connectivity index (χ2v) is 4.44. The third kappa shape index (κ3) is 3.93. The highest BCUT2D eigenvalue weighted by atomic mass is 16.3. The quantitative estimate of drug-likeness (QED) is 0.754. The van der Waals surface area contributed by atoms with Crippen LogP contribution >= 0.6 is 0 Å². The Hall–Kier alpha value is -2.14. The summed E-state index contributed by atoms with van der Waals surface area (Å²) < 4.78 is 0.